The Kier molecular flexibility index (Phi) is 5.89. The van der Waals surface area contributed by atoms with Crippen LogP contribution in [0.1, 0.15) is 18.4 Å². The fourth-order valence-corrected chi connectivity index (χ4v) is 1.81. The van der Waals surface area contributed by atoms with Gasteiger partial charge in [0, 0.05) is 12.0 Å². The lowest BCUT2D eigenvalue weighted by atomic mass is 10.2. The van der Waals surface area contributed by atoms with E-state index in [-0.39, 0.29) is 25.4 Å². The minimum absolute atomic E-state index is 0.0975. The van der Waals surface area contributed by atoms with Gasteiger partial charge in [0.15, 0.2) is 11.6 Å². The van der Waals surface area contributed by atoms with Crippen LogP contribution >= 0.6 is 0 Å². The lowest BCUT2D eigenvalue weighted by Gasteiger charge is -2.07. The molecule has 0 unspecified atom stereocenters. The Labute approximate surface area is 127 Å². The van der Waals surface area contributed by atoms with Gasteiger partial charge in [-0.25, -0.2) is 8.78 Å². The van der Waals surface area contributed by atoms with Crippen molar-refractivity contribution < 1.29 is 23.0 Å². The Balaban J connectivity index is 1.66. The van der Waals surface area contributed by atoms with E-state index < -0.39 is 17.6 Å². The second-order valence-electron chi connectivity index (χ2n) is 4.63. The summed E-state index contributed by atoms with van der Waals surface area (Å²) < 4.78 is 36.8. The maximum atomic E-state index is 13.3. The Bertz CT molecular complexity index is 629. The molecule has 0 aromatic heterocycles. The number of hydrogen-bond donors (Lipinski definition) is 0. The normalized spacial score (nSPS) is 10.3. The van der Waals surface area contributed by atoms with Crippen molar-refractivity contribution in [1.29, 1.82) is 0 Å². The van der Waals surface area contributed by atoms with Crippen LogP contribution in [0.25, 0.3) is 0 Å². The third-order valence-corrected chi connectivity index (χ3v) is 2.97. The van der Waals surface area contributed by atoms with Gasteiger partial charge in [-0.3, -0.25) is 4.79 Å². The van der Waals surface area contributed by atoms with Crippen LogP contribution in [0.4, 0.5) is 8.78 Å². The van der Waals surface area contributed by atoms with Gasteiger partial charge in [-0.15, -0.1) is 0 Å². The molecule has 0 amide bonds. The summed E-state index contributed by atoms with van der Waals surface area (Å²) in [6.07, 6.45) is 0.521. The van der Waals surface area contributed by atoms with E-state index in [4.69, 9.17) is 9.47 Å². The van der Waals surface area contributed by atoms with Crippen LogP contribution < -0.4 is 4.74 Å². The molecule has 2 aromatic rings. The van der Waals surface area contributed by atoms with Crippen LogP contribution in [0.2, 0.25) is 0 Å². The molecule has 5 heteroatoms. The summed E-state index contributed by atoms with van der Waals surface area (Å²) in [4.78, 5) is 11.5. The zero-order chi connectivity index (χ0) is 15.8. The van der Waals surface area contributed by atoms with Gasteiger partial charge in [0.1, 0.15) is 12.4 Å². The van der Waals surface area contributed by atoms with Crippen molar-refractivity contribution in [2.45, 2.75) is 19.4 Å². The molecule has 0 saturated carbocycles. The highest BCUT2D eigenvalue weighted by Crippen LogP contribution is 2.15. The van der Waals surface area contributed by atoms with E-state index in [1.54, 1.807) is 30.3 Å². The first-order chi connectivity index (χ1) is 10.7. The van der Waals surface area contributed by atoms with Crippen molar-refractivity contribution in [3.8, 4) is 5.75 Å². The van der Waals surface area contributed by atoms with Crippen molar-refractivity contribution in [2.75, 3.05) is 6.61 Å². The first kappa shape index (κ1) is 15.9. The molecule has 3 nitrogen and oxygen atoms in total. The van der Waals surface area contributed by atoms with E-state index >= 15 is 0 Å². The highest BCUT2D eigenvalue weighted by molar-refractivity contribution is 5.69. The van der Waals surface area contributed by atoms with E-state index in [2.05, 4.69) is 0 Å². The molecule has 22 heavy (non-hydrogen) atoms. The van der Waals surface area contributed by atoms with E-state index in [0.29, 0.717) is 12.0 Å². The van der Waals surface area contributed by atoms with Gasteiger partial charge in [-0.1, -0.05) is 30.3 Å². The number of halogens is 2. The van der Waals surface area contributed by atoms with Gasteiger partial charge in [-0.05, 0) is 24.6 Å². The van der Waals surface area contributed by atoms with E-state index in [1.807, 2.05) is 0 Å². The highest BCUT2D eigenvalue weighted by Gasteiger charge is 2.07. The van der Waals surface area contributed by atoms with Crippen LogP contribution in [0, 0.1) is 11.6 Å². The molecule has 0 radical (unpaired) electrons. The van der Waals surface area contributed by atoms with Gasteiger partial charge < -0.3 is 9.47 Å². The van der Waals surface area contributed by atoms with Gasteiger partial charge in [-0.2, -0.15) is 0 Å². The van der Waals surface area contributed by atoms with Crippen LogP contribution in [0.5, 0.6) is 5.75 Å². The predicted molar refractivity (Wildman–Crippen MR) is 77.3 cm³/mol. The molecular weight excluding hydrogens is 290 g/mol. The minimum atomic E-state index is -0.444. The number of esters is 1. The standard InChI is InChI=1S/C17H16F2O3/c18-14-7-2-1-6-13(14)12-22-17(20)10-5-11-21-16-9-4-3-8-15(16)19/h1-4,6-9H,5,10-12H2. The summed E-state index contributed by atoms with van der Waals surface area (Å²) in [5.74, 6) is -1.13. The zero-order valence-corrected chi connectivity index (χ0v) is 11.9. The number of rotatable bonds is 7. The number of para-hydroxylation sites is 1. The summed E-state index contributed by atoms with van der Waals surface area (Å²) in [6, 6.07) is 12.2. The Morgan fingerprint density at radius 2 is 1.64 bits per heavy atom. The Hall–Kier alpha value is -2.43. The van der Waals surface area contributed by atoms with Crippen molar-refractivity contribution in [3.05, 3.63) is 65.7 Å². The molecule has 116 valence electrons. The van der Waals surface area contributed by atoms with E-state index in [1.165, 1.54) is 18.2 Å². The molecule has 0 heterocycles. The molecule has 0 aliphatic carbocycles. The second-order valence-corrected chi connectivity index (χ2v) is 4.63. The predicted octanol–water partition coefficient (Wildman–Crippen LogP) is 3.87. The van der Waals surface area contributed by atoms with E-state index in [0.717, 1.165) is 0 Å². The second kappa shape index (κ2) is 8.12. The molecule has 0 N–H and O–H groups in total. The molecule has 2 rings (SSSR count). The fraction of sp³-hybridized carbons (Fsp3) is 0.235. The molecule has 0 fully saturated rings. The van der Waals surface area contributed by atoms with Gasteiger partial charge in [0.2, 0.25) is 0 Å². The third kappa shape index (κ3) is 4.84. The molecule has 0 atom stereocenters. The van der Waals surface area contributed by atoms with Crippen molar-refractivity contribution in [3.63, 3.8) is 0 Å². The monoisotopic (exact) mass is 306 g/mol. The minimum Gasteiger partial charge on any atom is -0.491 e. The van der Waals surface area contributed by atoms with Crippen LogP contribution in [-0.2, 0) is 16.1 Å². The SMILES string of the molecule is O=C(CCCOc1ccccc1F)OCc1ccccc1F. The van der Waals surface area contributed by atoms with Crippen LogP contribution in [-0.4, -0.2) is 12.6 Å². The highest BCUT2D eigenvalue weighted by atomic mass is 19.1. The first-order valence-corrected chi connectivity index (χ1v) is 6.93. The molecule has 2 aromatic carbocycles. The maximum absolute atomic E-state index is 13.3. The maximum Gasteiger partial charge on any atom is 0.306 e. The average molecular weight is 306 g/mol. The van der Waals surface area contributed by atoms with Gasteiger partial charge >= 0.3 is 5.97 Å². The largest absolute Gasteiger partial charge is 0.491 e. The summed E-state index contributed by atoms with van der Waals surface area (Å²) in [6.45, 7) is 0.107. The summed E-state index contributed by atoms with van der Waals surface area (Å²) >= 11 is 0. The summed E-state index contributed by atoms with van der Waals surface area (Å²) in [5.41, 5.74) is 0.332. The van der Waals surface area contributed by atoms with Gasteiger partial charge in [0.25, 0.3) is 0 Å². The number of carbonyl (C=O) groups excluding carboxylic acids is 1. The molecule has 0 saturated heterocycles. The number of ether oxygens (including phenoxy) is 2. The van der Waals surface area contributed by atoms with Crippen molar-refractivity contribution in [1.82, 2.24) is 0 Å². The van der Waals surface area contributed by atoms with Crippen LogP contribution in [0.3, 0.4) is 0 Å². The van der Waals surface area contributed by atoms with E-state index in [9.17, 15) is 13.6 Å². The molecule has 0 spiro atoms. The molecule has 0 bridgehead atoms. The fourth-order valence-electron chi connectivity index (χ4n) is 1.81. The Morgan fingerprint density at radius 1 is 0.955 bits per heavy atom. The number of benzene rings is 2. The topological polar surface area (TPSA) is 35.5 Å². The average Bonchev–Trinajstić information content (AvgIpc) is 2.52. The van der Waals surface area contributed by atoms with Crippen molar-refractivity contribution in [2.24, 2.45) is 0 Å². The van der Waals surface area contributed by atoms with Crippen molar-refractivity contribution >= 4 is 5.97 Å². The zero-order valence-electron chi connectivity index (χ0n) is 11.9. The number of carbonyl (C=O) groups is 1. The molecule has 0 aliphatic heterocycles. The Morgan fingerprint density at radius 3 is 2.36 bits per heavy atom. The first-order valence-electron chi connectivity index (χ1n) is 6.93. The quantitative estimate of drug-likeness (QED) is 0.575. The summed E-state index contributed by atoms with van der Waals surface area (Å²) in [7, 11) is 0. The third-order valence-electron chi connectivity index (χ3n) is 2.97. The molecular formula is C17H16F2O3. The van der Waals surface area contributed by atoms with Crippen LogP contribution in [0.15, 0.2) is 48.5 Å². The summed E-state index contributed by atoms with van der Waals surface area (Å²) in [5, 5.41) is 0. The smallest absolute Gasteiger partial charge is 0.306 e. The number of hydrogen-bond acceptors (Lipinski definition) is 3. The lowest BCUT2D eigenvalue weighted by Crippen LogP contribution is -2.08. The molecule has 0 aliphatic rings. The lowest BCUT2D eigenvalue weighted by molar-refractivity contribution is -0.145. The van der Waals surface area contributed by atoms with Gasteiger partial charge in [0.05, 0.1) is 6.61 Å².